The molecule has 0 aliphatic heterocycles. The molecule has 0 aliphatic rings. The van der Waals surface area contributed by atoms with Gasteiger partial charge in [0.05, 0.1) is 18.5 Å². The summed E-state index contributed by atoms with van der Waals surface area (Å²) < 4.78 is 5.36. The third-order valence-electron chi connectivity index (χ3n) is 2.82. The van der Waals surface area contributed by atoms with Gasteiger partial charge in [0.25, 0.3) is 0 Å². The number of nitrogen functional groups attached to an aromatic ring is 1. The lowest BCUT2D eigenvalue weighted by Crippen LogP contribution is -2.00. The van der Waals surface area contributed by atoms with E-state index in [2.05, 4.69) is 9.97 Å². The molecule has 0 saturated heterocycles. The zero-order valence-corrected chi connectivity index (χ0v) is 11.2. The van der Waals surface area contributed by atoms with E-state index in [0.717, 1.165) is 16.8 Å². The summed E-state index contributed by atoms with van der Waals surface area (Å²) in [5, 5.41) is 0.654. The van der Waals surface area contributed by atoms with Gasteiger partial charge in [-0.2, -0.15) is 0 Å². The van der Waals surface area contributed by atoms with Crippen LogP contribution in [-0.4, -0.2) is 17.1 Å². The first-order valence-electron chi connectivity index (χ1n) is 5.46. The maximum Gasteiger partial charge on any atom is 0.128 e. The number of ether oxygens (including phenoxy) is 1. The van der Waals surface area contributed by atoms with Crippen LogP contribution in [0.2, 0.25) is 5.02 Å². The Kier molecular flexibility index (Phi) is 3.39. The number of benzene rings is 1. The van der Waals surface area contributed by atoms with Crippen LogP contribution in [0, 0.1) is 13.8 Å². The second-order valence-electron chi connectivity index (χ2n) is 4.02. The maximum atomic E-state index is 6.15. The number of aryl methyl sites for hydroxylation is 2. The molecule has 0 saturated carbocycles. The summed E-state index contributed by atoms with van der Waals surface area (Å²) in [6.45, 7) is 3.76. The van der Waals surface area contributed by atoms with E-state index in [1.54, 1.807) is 7.11 Å². The Morgan fingerprint density at radius 2 is 1.94 bits per heavy atom. The molecule has 0 bridgehead atoms. The molecule has 0 fully saturated rings. The minimum Gasteiger partial charge on any atom is -0.496 e. The van der Waals surface area contributed by atoms with E-state index in [-0.39, 0.29) is 0 Å². The van der Waals surface area contributed by atoms with Crippen molar-refractivity contribution in [3.8, 4) is 17.0 Å². The fraction of sp³-hybridized carbons (Fsp3) is 0.231. The van der Waals surface area contributed by atoms with Crippen LogP contribution in [-0.2, 0) is 0 Å². The van der Waals surface area contributed by atoms with Gasteiger partial charge in [-0.15, -0.1) is 0 Å². The topological polar surface area (TPSA) is 61.0 Å². The van der Waals surface area contributed by atoms with Crippen LogP contribution in [0.15, 0.2) is 18.5 Å². The minimum atomic E-state index is 0.538. The van der Waals surface area contributed by atoms with Crippen molar-refractivity contribution in [2.45, 2.75) is 13.8 Å². The van der Waals surface area contributed by atoms with Crippen molar-refractivity contribution in [1.29, 1.82) is 0 Å². The lowest BCUT2D eigenvalue weighted by atomic mass is 10.1. The van der Waals surface area contributed by atoms with Gasteiger partial charge >= 0.3 is 0 Å². The van der Waals surface area contributed by atoms with Crippen LogP contribution in [0.1, 0.15) is 11.3 Å². The maximum absolute atomic E-state index is 6.15. The summed E-state index contributed by atoms with van der Waals surface area (Å²) in [5.74, 6) is 0.696. The van der Waals surface area contributed by atoms with Crippen molar-refractivity contribution in [3.05, 3.63) is 34.7 Å². The molecule has 0 aliphatic carbocycles. The first kappa shape index (κ1) is 12.6. The highest BCUT2D eigenvalue weighted by Crippen LogP contribution is 2.36. The SMILES string of the molecule is COc1cc(C)c(Cl)cc1-c1ncnc(C)c1N. The van der Waals surface area contributed by atoms with Crippen molar-refractivity contribution >= 4 is 17.3 Å². The van der Waals surface area contributed by atoms with Crippen molar-refractivity contribution in [1.82, 2.24) is 9.97 Å². The van der Waals surface area contributed by atoms with Crippen molar-refractivity contribution in [2.24, 2.45) is 0 Å². The number of halogens is 1. The molecule has 2 rings (SSSR count). The Bertz CT molecular complexity index is 599. The van der Waals surface area contributed by atoms with E-state index >= 15 is 0 Å². The molecule has 1 aromatic carbocycles. The van der Waals surface area contributed by atoms with E-state index in [1.165, 1.54) is 6.33 Å². The summed E-state index contributed by atoms with van der Waals surface area (Å²) >= 11 is 6.15. The zero-order valence-electron chi connectivity index (χ0n) is 10.5. The van der Waals surface area contributed by atoms with E-state index < -0.39 is 0 Å². The molecule has 0 radical (unpaired) electrons. The monoisotopic (exact) mass is 263 g/mol. The lowest BCUT2D eigenvalue weighted by molar-refractivity contribution is 0.416. The molecule has 0 amide bonds. The highest BCUT2D eigenvalue weighted by molar-refractivity contribution is 6.31. The van der Waals surface area contributed by atoms with Crippen LogP contribution in [0.3, 0.4) is 0 Å². The molecule has 0 atom stereocenters. The van der Waals surface area contributed by atoms with Crippen molar-refractivity contribution in [2.75, 3.05) is 12.8 Å². The molecule has 0 unspecified atom stereocenters. The van der Waals surface area contributed by atoms with Gasteiger partial charge in [-0.1, -0.05) is 11.6 Å². The molecule has 94 valence electrons. The molecule has 2 N–H and O–H groups in total. The van der Waals surface area contributed by atoms with E-state index in [0.29, 0.717) is 22.2 Å². The molecule has 1 aromatic heterocycles. The molecule has 18 heavy (non-hydrogen) atoms. The van der Waals surface area contributed by atoms with Gasteiger partial charge in [0.1, 0.15) is 17.8 Å². The van der Waals surface area contributed by atoms with E-state index in [9.17, 15) is 0 Å². The number of aromatic nitrogens is 2. The third-order valence-corrected chi connectivity index (χ3v) is 3.23. The van der Waals surface area contributed by atoms with Crippen LogP contribution in [0.5, 0.6) is 5.75 Å². The average molecular weight is 264 g/mol. The highest BCUT2D eigenvalue weighted by Gasteiger charge is 2.14. The van der Waals surface area contributed by atoms with Gasteiger partial charge in [0.2, 0.25) is 0 Å². The van der Waals surface area contributed by atoms with Gasteiger partial charge in [-0.3, -0.25) is 0 Å². The Morgan fingerprint density at radius 3 is 2.61 bits per heavy atom. The molecular formula is C13H14ClN3O. The van der Waals surface area contributed by atoms with Gasteiger partial charge in [0.15, 0.2) is 0 Å². The number of methoxy groups -OCH3 is 1. The lowest BCUT2D eigenvalue weighted by Gasteiger charge is -2.12. The predicted molar refractivity (Wildman–Crippen MR) is 72.9 cm³/mol. The number of rotatable bonds is 2. The summed E-state index contributed by atoms with van der Waals surface area (Å²) in [6, 6.07) is 3.68. The third kappa shape index (κ3) is 2.11. The van der Waals surface area contributed by atoms with Crippen molar-refractivity contribution in [3.63, 3.8) is 0 Å². The minimum absolute atomic E-state index is 0.538. The summed E-state index contributed by atoms with van der Waals surface area (Å²) in [7, 11) is 1.61. The number of anilines is 1. The number of hydrogen-bond donors (Lipinski definition) is 1. The summed E-state index contributed by atoms with van der Waals surface area (Å²) in [6.07, 6.45) is 1.48. The van der Waals surface area contributed by atoms with Gasteiger partial charge in [-0.05, 0) is 31.5 Å². The van der Waals surface area contributed by atoms with Gasteiger partial charge < -0.3 is 10.5 Å². The first-order valence-corrected chi connectivity index (χ1v) is 5.84. The second-order valence-corrected chi connectivity index (χ2v) is 4.43. The predicted octanol–water partition coefficient (Wildman–Crippen LogP) is 3.00. The quantitative estimate of drug-likeness (QED) is 0.905. The Morgan fingerprint density at radius 1 is 1.22 bits per heavy atom. The van der Waals surface area contributed by atoms with E-state index in [1.807, 2.05) is 26.0 Å². The molecule has 4 nitrogen and oxygen atoms in total. The van der Waals surface area contributed by atoms with Gasteiger partial charge in [-0.25, -0.2) is 9.97 Å². The van der Waals surface area contributed by atoms with Crippen LogP contribution in [0.25, 0.3) is 11.3 Å². The van der Waals surface area contributed by atoms with Gasteiger partial charge in [0, 0.05) is 10.6 Å². The first-order chi connectivity index (χ1) is 8.54. The van der Waals surface area contributed by atoms with Crippen LogP contribution in [0.4, 0.5) is 5.69 Å². The standard InChI is InChI=1S/C13H14ClN3O/c1-7-4-11(18-3)9(5-10(7)14)13-12(15)8(2)16-6-17-13/h4-6H,15H2,1-3H3. The fourth-order valence-electron chi connectivity index (χ4n) is 1.71. The average Bonchev–Trinajstić information content (AvgIpc) is 2.36. The second kappa shape index (κ2) is 4.82. The molecule has 5 heteroatoms. The number of hydrogen-bond acceptors (Lipinski definition) is 4. The molecule has 2 aromatic rings. The number of nitrogens with zero attached hydrogens (tertiary/aromatic N) is 2. The number of nitrogens with two attached hydrogens (primary N) is 1. The fourth-order valence-corrected chi connectivity index (χ4v) is 1.87. The highest BCUT2D eigenvalue weighted by atomic mass is 35.5. The Hall–Kier alpha value is -1.81. The Balaban J connectivity index is 2.70. The molecule has 0 spiro atoms. The Labute approximate surface area is 111 Å². The summed E-state index contributed by atoms with van der Waals surface area (Å²) in [5.41, 5.74) is 9.64. The van der Waals surface area contributed by atoms with Crippen LogP contribution < -0.4 is 10.5 Å². The van der Waals surface area contributed by atoms with Crippen LogP contribution >= 0.6 is 11.6 Å². The van der Waals surface area contributed by atoms with E-state index in [4.69, 9.17) is 22.1 Å². The molecule has 1 heterocycles. The zero-order chi connectivity index (χ0) is 13.3. The molecular weight excluding hydrogens is 250 g/mol. The largest absolute Gasteiger partial charge is 0.496 e. The normalized spacial score (nSPS) is 10.4. The summed E-state index contributed by atoms with van der Waals surface area (Å²) in [4.78, 5) is 8.26. The smallest absolute Gasteiger partial charge is 0.128 e. The van der Waals surface area contributed by atoms with Crippen molar-refractivity contribution < 1.29 is 4.74 Å².